The fourth-order valence-corrected chi connectivity index (χ4v) is 6.72. The van der Waals surface area contributed by atoms with Gasteiger partial charge in [0.15, 0.2) is 6.61 Å². The van der Waals surface area contributed by atoms with Gasteiger partial charge in [-0.05, 0) is 71.6 Å². The van der Waals surface area contributed by atoms with Gasteiger partial charge in [-0.3, -0.25) is 9.59 Å². The highest BCUT2D eigenvalue weighted by Crippen LogP contribution is 2.26. The van der Waals surface area contributed by atoms with Crippen LogP contribution in [0.4, 0.5) is 4.39 Å². The van der Waals surface area contributed by atoms with Gasteiger partial charge in [-0.25, -0.2) is 12.8 Å². The van der Waals surface area contributed by atoms with Crippen LogP contribution in [0.25, 0.3) is 0 Å². The van der Waals surface area contributed by atoms with Crippen LogP contribution < -0.4 is 14.8 Å². The molecule has 10 nitrogen and oxygen atoms in total. The fourth-order valence-electron chi connectivity index (χ4n) is 5.31. The Balaban J connectivity index is 1.33. The summed E-state index contributed by atoms with van der Waals surface area (Å²) in [6.45, 7) is 1.11. The number of carbonyl (C=O) groups is 2. The molecule has 1 N–H and O–H groups in total. The predicted molar refractivity (Wildman–Crippen MR) is 177 cm³/mol. The molecule has 0 unspecified atom stereocenters. The van der Waals surface area contributed by atoms with E-state index in [4.69, 9.17) is 14.2 Å². The lowest BCUT2D eigenvalue weighted by Gasteiger charge is -2.31. The summed E-state index contributed by atoms with van der Waals surface area (Å²) in [5.74, 6) is -0.287. The van der Waals surface area contributed by atoms with Gasteiger partial charge in [0.1, 0.15) is 23.4 Å². The Kier molecular flexibility index (Phi) is 11.8. The highest BCUT2D eigenvalue weighted by Gasteiger charge is 2.32. The fraction of sp³-hybridized carbons (Fsp3) is 0.278. The van der Waals surface area contributed by atoms with Crippen molar-refractivity contribution in [3.05, 3.63) is 126 Å². The van der Waals surface area contributed by atoms with E-state index in [-0.39, 0.29) is 36.2 Å². The van der Waals surface area contributed by atoms with Crippen LogP contribution in [-0.2, 0) is 37.3 Å². The van der Waals surface area contributed by atoms with E-state index in [1.165, 1.54) is 45.6 Å². The number of nitrogens with one attached hydrogen (secondary N) is 1. The van der Waals surface area contributed by atoms with Crippen LogP contribution in [0.15, 0.2) is 108 Å². The van der Waals surface area contributed by atoms with E-state index in [1.54, 1.807) is 43.5 Å². The van der Waals surface area contributed by atoms with Crippen LogP contribution >= 0.6 is 0 Å². The van der Waals surface area contributed by atoms with Crippen molar-refractivity contribution in [1.29, 1.82) is 0 Å². The summed E-state index contributed by atoms with van der Waals surface area (Å²) in [4.78, 5) is 29.3. The van der Waals surface area contributed by atoms with Gasteiger partial charge in [-0.15, -0.1) is 0 Å². The van der Waals surface area contributed by atoms with Crippen molar-refractivity contribution in [2.24, 2.45) is 0 Å². The molecular weight excluding hydrogens is 637 g/mol. The molecule has 1 atom stereocenters. The quantitative estimate of drug-likeness (QED) is 0.211. The number of methoxy groups -OCH3 is 1. The predicted octanol–water partition coefficient (Wildman–Crippen LogP) is 4.36. The molecule has 0 bridgehead atoms. The summed E-state index contributed by atoms with van der Waals surface area (Å²) in [7, 11) is -2.10. The Hall–Kier alpha value is -4.78. The minimum absolute atomic E-state index is 0.00463. The number of carbonyl (C=O) groups excluding carboxylic acids is 2. The lowest BCUT2D eigenvalue weighted by atomic mass is 10.0. The molecule has 1 saturated heterocycles. The molecule has 1 aliphatic rings. The van der Waals surface area contributed by atoms with Crippen LogP contribution in [0.5, 0.6) is 11.5 Å². The van der Waals surface area contributed by atoms with Crippen molar-refractivity contribution in [3.63, 3.8) is 0 Å². The number of amides is 2. The van der Waals surface area contributed by atoms with Gasteiger partial charge in [0.2, 0.25) is 15.9 Å². The lowest BCUT2D eigenvalue weighted by molar-refractivity contribution is -0.143. The minimum Gasteiger partial charge on any atom is -0.497 e. The van der Waals surface area contributed by atoms with Crippen LogP contribution in [-0.4, -0.2) is 76.0 Å². The maximum Gasteiger partial charge on any atom is 0.261 e. The molecule has 1 aliphatic heterocycles. The molecule has 0 radical (unpaired) electrons. The van der Waals surface area contributed by atoms with E-state index in [0.717, 1.165) is 11.3 Å². The molecule has 1 heterocycles. The topological polar surface area (TPSA) is 114 Å². The third-order valence-electron chi connectivity index (χ3n) is 7.93. The van der Waals surface area contributed by atoms with Crippen molar-refractivity contribution in [1.82, 2.24) is 14.5 Å². The third-order valence-corrected chi connectivity index (χ3v) is 9.84. The van der Waals surface area contributed by atoms with E-state index < -0.39 is 34.4 Å². The van der Waals surface area contributed by atoms with Crippen molar-refractivity contribution in [2.75, 3.05) is 46.6 Å². The number of ether oxygens (including phenoxy) is 3. The molecule has 4 aromatic carbocycles. The van der Waals surface area contributed by atoms with E-state index >= 15 is 0 Å². The summed E-state index contributed by atoms with van der Waals surface area (Å²) >= 11 is 0. The normalized spacial score (nSPS) is 14.1. The number of hydrogen-bond donors (Lipinski definition) is 1. The highest BCUT2D eigenvalue weighted by atomic mass is 32.2. The maximum absolute atomic E-state index is 13.9. The molecule has 252 valence electrons. The van der Waals surface area contributed by atoms with E-state index in [1.807, 2.05) is 30.3 Å². The Bertz CT molecular complexity index is 1750. The molecule has 0 spiro atoms. The second-order valence-corrected chi connectivity index (χ2v) is 13.1. The van der Waals surface area contributed by atoms with Gasteiger partial charge >= 0.3 is 0 Å². The zero-order valence-electron chi connectivity index (χ0n) is 26.6. The molecule has 2 amide bonds. The van der Waals surface area contributed by atoms with Gasteiger partial charge in [-0.1, -0.05) is 54.6 Å². The second-order valence-electron chi connectivity index (χ2n) is 11.1. The van der Waals surface area contributed by atoms with Gasteiger partial charge in [-0.2, -0.15) is 4.31 Å². The lowest BCUT2D eigenvalue weighted by Crippen LogP contribution is -2.45. The van der Waals surface area contributed by atoms with Gasteiger partial charge in [0.25, 0.3) is 5.91 Å². The number of nitrogens with zero attached hydrogens (tertiary/aromatic N) is 2. The molecule has 4 aromatic rings. The Morgan fingerprint density at radius 3 is 2.15 bits per heavy atom. The first-order valence-electron chi connectivity index (χ1n) is 15.5. The Morgan fingerprint density at radius 1 is 0.875 bits per heavy atom. The van der Waals surface area contributed by atoms with Crippen molar-refractivity contribution in [3.8, 4) is 11.5 Å². The third kappa shape index (κ3) is 8.97. The summed E-state index contributed by atoms with van der Waals surface area (Å²) < 4.78 is 57.4. The zero-order chi connectivity index (χ0) is 33.9. The first kappa shape index (κ1) is 34.6. The number of sulfonamides is 1. The number of hydrogen-bond acceptors (Lipinski definition) is 7. The van der Waals surface area contributed by atoms with Crippen molar-refractivity contribution < 1.29 is 36.6 Å². The van der Waals surface area contributed by atoms with Gasteiger partial charge < -0.3 is 24.4 Å². The van der Waals surface area contributed by atoms with Gasteiger partial charge in [0.05, 0.1) is 25.2 Å². The summed E-state index contributed by atoms with van der Waals surface area (Å²) in [5, 5.41) is 2.98. The average Bonchev–Trinajstić information content (AvgIpc) is 3.12. The van der Waals surface area contributed by atoms with E-state index in [2.05, 4.69) is 5.32 Å². The summed E-state index contributed by atoms with van der Waals surface area (Å²) in [6, 6.07) is 27.0. The zero-order valence-corrected chi connectivity index (χ0v) is 27.4. The smallest absolute Gasteiger partial charge is 0.261 e. The van der Waals surface area contributed by atoms with E-state index in [9.17, 15) is 22.4 Å². The highest BCUT2D eigenvalue weighted by molar-refractivity contribution is 7.89. The second kappa shape index (κ2) is 16.4. The summed E-state index contributed by atoms with van der Waals surface area (Å²) in [5.41, 5.74) is 2.21. The van der Waals surface area contributed by atoms with Crippen LogP contribution in [0, 0.1) is 5.82 Å². The molecule has 12 heteroatoms. The molecular formula is C36H38FN3O7S. The summed E-state index contributed by atoms with van der Waals surface area (Å²) in [6.07, 6.45) is 0.559. The average molecular weight is 676 g/mol. The molecule has 5 rings (SSSR count). The molecule has 1 fully saturated rings. The molecule has 0 saturated carbocycles. The molecule has 0 aliphatic carbocycles. The SMILES string of the molecule is COc1ccc(CCNC(=O)[C@@H](c2ccccc2)N(Cc2ccc(F)cc2)C(=O)COc2ccc(S(=O)(=O)N3CCOCC3)cc2)cc1. The number of benzene rings is 4. The van der Waals surface area contributed by atoms with Crippen LogP contribution in [0.1, 0.15) is 22.7 Å². The molecule has 0 aromatic heterocycles. The minimum atomic E-state index is -3.70. The Labute approximate surface area is 280 Å². The maximum atomic E-state index is 13.9. The number of morpholine rings is 1. The van der Waals surface area contributed by atoms with Crippen LogP contribution in [0.2, 0.25) is 0 Å². The van der Waals surface area contributed by atoms with Crippen LogP contribution in [0.3, 0.4) is 0 Å². The van der Waals surface area contributed by atoms with Crippen molar-refractivity contribution >= 4 is 21.8 Å². The first-order valence-corrected chi connectivity index (χ1v) is 17.0. The number of halogens is 1. The van der Waals surface area contributed by atoms with Gasteiger partial charge in [0, 0.05) is 26.2 Å². The monoisotopic (exact) mass is 675 g/mol. The first-order chi connectivity index (χ1) is 23.2. The standard InChI is InChI=1S/C36H38FN3O7S/c1-45-31-13-9-27(10-14-31)19-20-38-36(42)35(29-5-3-2-4-6-29)40(25-28-7-11-30(37)12-8-28)34(41)26-47-32-15-17-33(18-16-32)48(43,44)39-21-23-46-24-22-39/h2-18,35H,19-26H2,1H3,(H,38,42)/t35-/m1/s1. The Morgan fingerprint density at radius 2 is 1.50 bits per heavy atom. The van der Waals surface area contributed by atoms with Crippen molar-refractivity contribution in [2.45, 2.75) is 23.9 Å². The molecule has 48 heavy (non-hydrogen) atoms. The number of rotatable bonds is 14. The largest absolute Gasteiger partial charge is 0.497 e. The van der Waals surface area contributed by atoms with E-state index in [0.29, 0.717) is 37.3 Å².